The molecule has 1 aromatic rings. The van der Waals surface area contributed by atoms with E-state index < -0.39 is 0 Å². The van der Waals surface area contributed by atoms with Crippen molar-refractivity contribution < 1.29 is 9.18 Å². The number of amides is 1. The molecule has 0 aliphatic rings. The molecule has 1 amide bonds. The fraction of sp³-hybridized carbons (Fsp3) is 0.500. The zero-order chi connectivity index (χ0) is 16.9. The molecule has 0 atom stereocenters. The molecule has 24 heavy (non-hydrogen) atoms. The van der Waals surface area contributed by atoms with Crippen molar-refractivity contribution in [3.63, 3.8) is 0 Å². The Morgan fingerprint density at radius 2 is 1.88 bits per heavy atom. The third-order valence-electron chi connectivity index (χ3n) is 2.88. The first-order chi connectivity index (χ1) is 11.1. The Labute approximate surface area is 164 Å². The maximum atomic E-state index is 12.2. The number of halogens is 2. The van der Waals surface area contributed by atoms with Crippen LogP contribution in [0.4, 0.5) is 4.39 Å². The molecule has 0 bridgehead atoms. The smallest absolute Gasteiger partial charge is 0.243 e. The number of hydrogen-bond acceptors (Lipinski definition) is 3. The molecule has 8 heteroatoms. The Balaban J connectivity index is 0.00000529. The molecule has 0 heterocycles. The van der Waals surface area contributed by atoms with E-state index in [0.717, 1.165) is 5.75 Å². The van der Waals surface area contributed by atoms with Crippen molar-refractivity contribution in [3.8, 4) is 0 Å². The molecule has 0 saturated carbocycles. The topological polar surface area (TPSA) is 56.7 Å². The van der Waals surface area contributed by atoms with Gasteiger partial charge in [-0.3, -0.25) is 9.18 Å². The average molecular weight is 468 g/mol. The van der Waals surface area contributed by atoms with Gasteiger partial charge in [0.25, 0.3) is 0 Å². The second kappa shape index (κ2) is 14.3. The number of rotatable bonds is 9. The van der Waals surface area contributed by atoms with E-state index in [9.17, 15) is 9.18 Å². The van der Waals surface area contributed by atoms with Gasteiger partial charge in [-0.25, -0.2) is 4.99 Å². The highest BCUT2D eigenvalue weighted by Gasteiger charge is 2.04. The lowest BCUT2D eigenvalue weighted by Gasteiger charge is -2.13. The summed E-state index contributed by atoms with van der Waals surface area (Å²) < 4.78 is 12.2. The lowest BCUT2D eigenvalue weighted by molar-refractivity contribution is -0.127. The SMILES string of the molecule is CN(C)C(=O)CN=C(NCCCF)NCCSc1ccccc1.I. The third kappa shape index (κ3) is 10.7. The number of carbonyl (C=O) groups is 1. The maximum absolute atomic E-state index is 12.2. The average Bonchev–Trinajstić information content (AvgIpc) is 2.56. The van der Waals surface area contributed by atoms with E-state index >= 15 is 0 Å². The van der Waals surface area contributed by atoms with Gasteiger partial charge in [0.2, 0.25) is 5.91 Å². The molecule has 0 aromatic heterocycles. The summed E-state index contributed by atoms with van der Waals surface area (Å²) in [6.45, 7) is 0.895. The van der Waals surface area contributed by atoms with Gasteiger partial charge < -0.3 is 15.5 Å². The van der Waals surface area contributed by atoms with Crippen LogP contribution in [0.3, 0.4) is 0 Å². The highest BCUT2D eigenvalue weighted by molar-refractivity contribution is 14.0. The van der Waals surface area contributed by atoms with E-state index in [1.54, 1.807) is 25.9 Å². The molecule has 1 aromatic carbocycles. The summed E-state index contributed by atoms with van der Waals surface area (Å²) in [5, 5.41) is 6.20. The Morgan fingerprint density at radius 3 is 2.50 bits per heavy atom. The van der Waals surface area contributed by atoms with Crippen LogP contribution in [0.1, 0.15) is 6.42 Å². The largest absolute Gasteiger partial charge is 0.356 e. The van der Waals surface area contributed by atoms with Crippen molar-refractivity contribution in [2.45, 2.75) is 11.3 Å². The summed E-state index contributed by atoms with van der Waals surface area (Å²) in [5.41, 5.74) is 0. The Hall–Kier alpha value is -1.03. The predicted molar refractivity (Wildman–Crippen MR) is 110 cm³/mol. The van der Waals surface area contributed by atoms with Gasteiger partial charge in [-0.15, -0.1) is 35.7 Å². The van der Waals surface area contributed by atoms with Crippen LogP contribution in [0.25, 0.3) is 0 Å². The number of aliphatic imine (C=N–C) groups is 1. The molecule has 5 nitrogen and oxygen atoms in total. The van der Waals surface area contributed by atoms with Crippen molar-refractivity contribution in [2.75, 3.05) is 46.2 Å². The van der Waals surface area contributed by atoms with Crippen LogP contribution in [0.2, 0.25) is 0 Å². The fourth-order valence-corrected chi connectivity index (χ4v) is 2.38. The quantitative estimate of drug-likeness (QED) is 0.192. The number of benzene rings is 1. The Bertz CT molecular complexity index is 488. The zero-order valence-corrected chi connectivity index (χ0v) is 17.3. The summed E-state index contributed by atoms with van der Waals surface area (Å²) in [6, 6.07) is 10.1. The zero-order valence-electron chi connectivity index (χ0n) is 14.1. The molecule has 0 fully saturated rings. The summed E-state index contributed by atoms with van der Waals surface area (Å²) in [6.07, 6.45) is 0.418. The fourth-order valence-electron chi connectivity index (χ4n) is 1.59. The number of carbonyl (C=O) groups excluding carboxylic acids is 1. The monoisotopic (exact) mass is 468 g/mol. The van der Waals surface area contributed by atoms with Crippen molar-refractivity contribution in [1.29, 1.82) is 0 Å². The van der Waals surface area contributed by atoms with Gasteiger partial charge in [-0.2, -0.15) is 0 Å². The third-order valence-corrected chi connectivity index (χ3v) is 3.89. The number of hydrogen-bond donors (Lipinski definition) is 2. The van der Waals surface area contributed by atoms with Crippen LogP contribution in [-0.2, 0) is 4.79 Å². The summed E-state index contributed by atoms with van der Waals surface area (Å²) in [5.74, 6) is 1.34. The normalized spacial score (nSPS) is 10.7. The molecule has 0 saturated heterocycles. The molecule has 0 spiro atoms. The highest BCUT2D eigenvalue weighted by atomic mass is 127. The summed E-state index contributed by atoms with van der Waals surface area (Å²) in [7, 11) is 3.38. The standard InChI is InChI=1S/C16H25FN4OS.HI/c1-21(2)15(22)13-20-16(18-10-6-9-17)19-11-12-23-14-7-4-3-5-8-14;/h3-5,7-8H,6,9-13H2,1-2H3,(H2,18,19,20);1H. The second-order valence-corrected chi connectivity index (χ2v) is 6.18. The maximum Gasteiger partial charge on any atom is 0.243 e. The summed E-state index contributed by atoms with van der Waals surface area (Å²) in [4.78, 5) is 18.5. The van der Waals surface area contributed by atoms with E-state index in [0.29, 0.717) is 25.5 Å². The molecule has 0 aliphatic heterocycles. The molecule has 2 N–H and O–H groups in total. The van der Waals surface area contributed by atoms with Gasteiger partial charge in [0.15, 0.2) is 5.96 Å². The van der Waals surface area contributed by atoms with Crippen LogP contribution in [0.15, 0.2) is 40.2 Å². The van der Waals surface area contributed by atoms with E-state index in [2.05, 4.69) is 27.8 Å². The molecule has 0 radical (unpaired) electrons. The first-order valence-corrected chi connectivity index (χ1v) is 8.58. The van der Waals surface area contributed by atoms with Gasteiger partial charge >= 0.3 is 0 Å². The molecular weight excluding hydrogens is 442 g/mol. The van der Waals surface area contributed by atoms with E-state index in [1.807, 2.05) is 18.2 Å². The molecule has 0 aliphatic carbocycles. The first kappa shape index (κ1) is 23.0. The number of likely N-dealkylation sites (N-methyl/N-ethyl adjacent to an activating group) is 1. The molecular formula is C16H26FIN4OS. The van der Waals surface area contributed by atoms with Crippen LogP contribution in [-0.4, -0.2) is 62.9 Å². The number of nitrogens with zero attached hydrogens (tertiary/aromatic N) is 2. The molecule has 0 unspecified atom stereocenters. The number of alkyl halides is 1. The lowest BCUT2D eigenvalue weighted by atomic mass is 10.4. The number of nitrogens with one attached hydrogen (secondary N) is 2. The minimum atomic E-state index is -0.374. The minimum Gasteiger partial charge on any atom is -0.356 e. The number of thioether (sulfide) groups is 1. The van der Waals surface area contributed by atoms with Crippen molar-refractivity contribution in [3.05, 3.63) is 30.3 Å². The van der Waals surface area contributed by atoms with Gasteiger partial charge in [-0.1, -0.05) is 18.2 Å². The second-order valence-electron chi connectivity index (χ2n) is 5.01. The van der Waals surface area contributed by atoms with Crippen molar-refractivity contribution >= 4 is 47.6 Å². The molecule has 1 rings (SSSR count). The first-order valence-electron chi connectivity index (χ1n) is 7.59. The predicted octanol–water partition coefficient (Wildman–Crippen LogP) is 2.38. The van der Waals surface area contributed by atoms with E-state index in [4.69, 9.17) is 0 Å². The van der Waals surface area contributed by atoms with Gasteiger partial charge in [0.1, 0.15) is 6.54 Å². The van der Waals surface area contributed by atoms with Crippen LogP contribution in [0.5, 0.6) is 0 Å². The van der Waals surface area contributed by atoms with E-state index in [-0.39, 0.29) is 43.1 Å². The van der Waals surface area contributed by atoms with Gasteiger partial charge in [0.05, 0.1) is 6.67 Å². The highest BCUT2D eigenvalue weighted by Crippen LogP contribution is 2.15. The van der Waals surface area contributed by atoms with Gasteiger partial charge in [0, 0.05) is 37.8 Å². The van der Waals surface area contributed by atoms with Crippen molar-refractivity contribution in [1.82, 2.24) is 15.5 Å². The van der Waals surface area contributed by atoms with Crippen LogP contribution < -0.4 is 10.6 Å². The van der Waals surface area contributed by atoms with Gasteiger partial charge in [-0.05, 0) is 18.6 Å². The number of guanidine groups is 1. The van der Waals surface area contributed by atoms with Crippen LogP contribution >= 0.6 is 35.7 Å². The Morgan fingerprint density at radius 1 is 1.21 bits per heavy atom. The van der Waals surface area contributed by atoms with E-state index in [1.165, 1.54) is 9.80 Å². The lowest BCUT2D eigenvalue weighted by Crippen LogP contribution is -2.40. The van der Waals surface area contributed by atoms with Crippen LogP contribution in [0, 0.1) is 0 Å². The Kier molecular flexibility index (Phi) is 13.7. The minimum absolute atomic E-state index is 0. The molecule has 136 valence electrons. The van der Waals surface area contributed by atoms with Crippen molar-refractivity contribution in [2.24, 2.45) is 4.99 Å². The summed E-state index contributed by atoms with van der Waals surface area (Å²) >= 11 is 1.74.